The van der Waals surface area contributed by atoms with E-state index in [1.807, 2.05) is 0 Å². The monoisotopic (exact) mass is 1070 g/mol. The normalized spacial score (nSPS) is 15.6. The molecule has 75 heavy (non-hydrogen) atoms. The van der Waals surface area contributed by atoms with Gasteiger partial charge in [-0.15, -0.1) is 0 Å². The third-order valence-electron chi connectivity index (χ3n) is 11.1. The van der Waals surface area contributed by atoms with Crippen LogP contribution in [0.5, 0.6) is 5.75 Å². The second-order valence-electron chi connectivity index (χ2n) is 19.2. The number of phenolic OH excluding ortho intramolecular Hbond substituents is 1. The zero-order valence-electron chi connectivity index (χ0n) is 43.4. The van der Waals surface area contributed by atoms with Gasteiger partial charge in [-0.05, 0) is 75.5 Å². The number of phenols is 1. The van der Waals surface area contributed by atoms with Crippen LogP contribution < -0.4 is 59.3 Å². The maximum Gasteiger partial charge on any atom is 0.326 e. The summed E-state index contributed by atoms with van der Waals surface area (Å²) in [5, 5.41) is 69.7. The van der Waals surface area contributed by atoms with Gasteiger partial charge in [-0.2, -0.15) is 0 Å². The van der Waals surface area contributed by atoms with Crippen LogP contribution in [0.25, 0.3) is 0 Å². The van der Waals surface area contributed by atoms with Gasteiger partial charge in [0.15, 0.2) is 0 Å². The van der Waals surface area contributed by atoms with Crippen molar-refractivity contribution >= 4 is 71.0 Å². The van der Waals surface area contributed by atoms with E-state index in [0.29, 0.717) is 5.56 Å². The molecule has 0 unspecified atom stereocenters. The van der Waals surface area contributed by atoms with Crippen LogP contribution in [0.3, 0.4) is 0 Å². The first-order valence-electron chi connectivity index (χ1n) is 24.1. The van der Waals surface area contributed by atoms with Crippen molar-refractivity contribution < 1.29 is 83.1 Å². The smallest absolute Gasteiger partial charge is 0.326 e. The van der Waals surface area contributed by atoms with Gasteiger partial charge in [-0.3, -0.25) is 52.7 Å². The minimum Gasteiger partial charge on any atom is -0.508 e. The topological polar surface area (TPSA) is 466 Å². The van der Waals surface area contributed by atoms with Crippen LogP contribution in [-0.4, -0.2) is 170 Å². The molecular weight excluding hydrogens is 991 g/mol. The Labute approximate surface area is 433 Å². The number of aliphatic hydroxyl groups is 2. The predicted molar refractivity (Wildman–Crippen MR) is 265 cm³/mol. The second kappa shape index (κ2) is 31.3. The molecule has 0 aliphatic heterocycles. The Hall–Kier alpha value is -7.46. The molecule has 0 spiro atoms. The third-order valence-corrected chi connectivity index (χ3v) is 11.1. The summed E-state index contributed by atoms with van der Waals surface area (Å²) in [6, 6.07) is -9.66. The quantitative estimate of drug-likeness (QED) is 0.0322. The van der Waals surface area contributed by atoms with E-state index in [9.17, 15) is 83.1 Å². The summed E-state index contributed by atoms with van der Waals surface area (Å²) in [6.45, 7) is 12.4. The van der Waals surface area contributed by atoms with Gasteiger partial charge in [0.1, 0.15) is 60.1 Å². The molecule has 420 valence electrons. The molecule has 10 amide bonds. The van der Waals surface area contributed by atoms with Crippen molar-refractivity contribution in [3.05, 3.63) is 29.8 Å². The molecule has 0 saturated carbocycles. The van der Waals surface area contributed by atoms with E-state index in [1.165, 1.54) is 26.0 Å². The van der Waals surface area contributed by atoms with Gasteiger partial charge in [-0.25, -0.2) is 4.79 Å². The molecular formula is C47H75N11O17. The van der Waals surface area contributed by atoms with Gasteiger partial charge < -0.3 is 84.9 Å². The van der Waals surface area contributed by atoms with Gasteiger partial charge in [0.25, 0.3) is 0 Å². The largest absolute Gasteiger partial charge is 0.508 e. The Morgan fingerprint density at radius 2 is 0.880 bits per heavy atom. The van der Waals surface area contributed by atoms with Crippen molar-refractivity contribution in [3.8, 4) is 5.75 Å². The first-order valence-corrected chi connectivity index (χ1v) is 24.1. The molecule has 0 aliphatic rings. The highest BCUT2D eigenvalue weighted by molar-refractivity contribution is 6.00. The Kier molecular flexibility index (Phi) is 27.4. The lowest BCUT2D eigenvalue weighted by Crippen LogP contribution is -2.62. The number of carboxylic acids is 2. The van der Waals surface area contributed by atoms with E-state index < -0.39 is 163 Å². The number of nitrogens with one attached hydrogen (secondary N) is 9. The molecule has 0 saturated heterocycles. The maximum absolute atomic E-state index is 13.6. The van der Waals surface area contributed by atoms with Crippen LogP contribution in [0.1, 0.15) is 93.6 Å². The van der Waals surface area contributed by atoms with E-state index in [2.05, 4.69) is 47.9 Å². The first kappa shape index (κ1) is 65.6. The lowest BCUT2D eigenvalue weighted by molar-refractivity contribution is -0.143. The lowest BCUT2D eigenvalue weighted by Gasteiger charge is -2.28. The highest BCUT2D eigenvalue weighted by Gasteiger charge is 2.37. The average Bonchev–Trinajstić information content (AvgIpc) is 3.29. The van der Waals surface area contributed by atoms with Crippen LogP contribution >= 0.6 is 0 Å². The van der Waals surface area contributed by atoms with Crippen molar-refractivity contribution in [2.45, 2.75) is 161 Å². The van der Waals surface area contributed by atoms with Crippen LogP contribution in [0, 0.1) is 17.8 Å². The van der Waals surface area contributed by atoms with E-state index in [0.717, 1.165) is 6.92 Å². The molecule has 0 fully saturated rings. The van der Waals surface area contributed by atoms with Crippen molar-refractivity contribution in [2.75, 3.05) is 6.61 Å². The lowest BCUT2D eigenvalue weighted by atomic mass is 10.0. The van der Waals surface area contributed by atoms with E-state index in [1.54, 1.807) is 53.7 Å². The number of rotatable bonds is 32. The number of benzene rings is 1. The standard InChI is InChI=1S/C47H75N11O17/c1-20(2)14-29(53-40(67)28(48)16-26-10-12-27(61)13-11-26)41(68)50-23(7)38(65)52-32(18-35(63)64)44(71)58-37(25(9)60)46(73)55-31(17-34(49)62)43(70)56-33(19-59)45(72)54-30(15-21(3)4)42(69)51-24(8)39(66)57-36(22(5)6)47(74)75/h10-13,20-25,28-33,36-37,59-61H,14-19,48H2,1-9H3,(H2,49,62)(H,50,68)(H,51,69)(H,52,65)(H,53,67)(H,54,72)(H,55,73)(H,56,70)(H,57,66)(H,58,71)(H,63,64)(H,74,75)/t23-,24-,25+,28-,29-,30-,31-,32-,33-,36-,37-/m0/s1. The number of amides is 10. The average molecular weight is 1070 g/mol. The van der Waals surface area contributed by atoms with Gasteiger partial charge >= 0.3 is 11.9 Å². The predicted octanol–water partition coefficient (Wildman–Crippen LogP) is -4.78. The molecule has 0 aliphatic carbocycles. The van der Waals surface area contributed by atoms with Gasteiger partial charge in [0.2, 0.25) is 59.1 Å². The molecule has 11 atom stereocenters. The highest BCUT2D eigenvalue weighted by atomic mass is 16.4. The number of hydrogen-bond acceptors (Lipinski definition) is 16. The minimum absolute atomic E-state index is 0.00280. The van der Waals surface area contributed by atoms with Crippen LogP contribution in [0.4, 0.5) is 0 Å². The summed E-state index contributed by atoms with van der Waals surface area (Å²) in [5.41, 5.74) is 12.0. The summed E-state index contributed by atoms with van der Waals surface area (Å²) in [6.07, 6.45) is -3.79. The number of carboxylic acid groups (broad SMARTS) is 2. The maximum atomic E-state index is 13.6. The number of hydrogen-bond donors (Lipinski definition) is 16. The van der Waals surface area contributed by atoms with Crippen molar-refractivity contribution in [2.24, 2.45) is 29.2 Å². The fourth-order valence-electron chi connectivity index (χ4n) is 6.96. The zero-order valence-corrected chi connectivity index (χ0v) is 43.4. The summed E-state index contributed by atoms with van der Waals surface area (Å²) >= 11 is 0. The number of nitrogens with two attached hydrogens (primary N) is 2. The number of carbonyl (C=O) groups is 12. The number of aliphatic carboxylic acids is 2. The Balaban J connectivity index is 3.20. The third kappa shape index (κ3) is 23.5. The van der Waals surface area contributed by atoms with E-state index in [4.69, 9.17) is 11.5 Å². The number of carbonyl (C=O) groups excluding carboxylic acids is 10. The number of primary amides is 1. The zero-order chi connectivity index (χ0) is 57.6. The molecule has 0 heterocycles. The summed E-state index contributed by atoms with van der Waals surface area (Å²) in [7, 11) is 0. The van der Waals surface area contributed by atoms with Crippen molar-refractivity contribution in [3.63, 3.8) is 0 Å². The molecule has 1 aromatic rings. The summed E-state index contributed by atoms with van der Waals surface area (Å²) < 4.78 is 0. The second-order valence-corrected chi connectivity index (χ2v) is 19.2. The number of aromatic hydroxyl groups is 1. The van der Waals surface area contributed by atoms with E-state index >= 15 is 0 Å². The highest BCUT2D eigenvalue weighted by Crippen LogP contribution is 2.13. The van der Waals surface area contributed by atoms with Gasteiger partial charge in [0.05, 0.1) is 31.6 Å². The molecule has 28 heteroatoms. The molecule has 18 N–H and O–H groups in total. The summed E-state index contributed by atoms with van der Waals surface area (Å²) in [4.78, 5) is 155. The number of aliphatic hydroxyl groups excluding tert-OH is 2. The Bertz CT molecular complexity index is 2190. The van der Waals surface area contributed by atoms with Crippen LogP contribution in [0.15, 0.2) is 24.3 Å². The Morgan fingerprint density at radius 1 is 0.493 bits per heavy atom. The van der Waals surface area contributed by atoms with Gasteiger partial charge in [0, 0.05) is 0 Å². The summed E-state index contributed by atoms with van der Waals surface area (Å²) in [5.74, 6) is -14.6. The van der Waals surface area contributed by atoms with E-state index in [-0.39, 0.29) is 36.8 Å². The molecule has 0 bridgehead atoms. The first-order chi connectivity index (χ1) is 34.8. The van der Waals surface area contributed by atoms with Crippen LogP contribution in [0.2, 0.25) is 0 Å². The fourth-order valence-corrected chi connectivity index (χ4v) is 6.96. The van der Waals surface area contributed by atoms with Crippen molar-refractivity contribution in [1.82, 2.24) is 47.9 Å². The molecule has 28 nitrogen and oxygen atoms in total. The molecule has 0 radical (unpaired) electrons. The molecule has 1 rings (SSSR count). The fraction of sp³-hybridized carbons (Fsp3) is 0.617. The molecule has 0 aromatic heterocycles. The van der Waals surface area contributed by atoms with Crippen LogP contribution in [-0.2, 0) is 64.0 Å². The van der Waals surface area contributed by atoms with Gasteiger partial charge in [-0.1, -0.05) is 53.7 Å². The molecule has 1 aromatic carbocycles. The van der Waals surface area contributed by atoms with Crippen molar-refractivity contribution in [1.29, 1.82) is 0 Å². The SMILES string of the molecule is CC(C)C[C@H](NC(=O)[C@H](CO)NC(=O)[C@H](CC(N)=O)NC(=O)[C@@H](NC(=O)[C@H](CC(=O)O)NC(=O)[C@H](C)NC(=O)[C@H](CC(C)C)NC(=O)[C@@H](N)Cc1ccc(O)cc1)[C@@H](C)O)C(=O)N[C@@H](C)C(=O)N[C@H](C(=O)O)C(C)C. The minimum atomic E-state index is -2.04. The Morgan fingerprint density at radius 3 is 1.31 bits per heavy atom.